The van der Waals surface area contributed by atoms with Gasteiger partial charge in [-0.25, -0.2) is 8.42 Å². The monoisotopic (exact) mass is 351 g/mol. The van der Waals surface area contributed by atoms with E-state index >= 15 is 0 Å². The van der Waals surface area contributed by atoms with Crippen LogP contribution in [-0.2, 0) is 10.0 Å². The maximum atomic E-state index is 12.8. The van der Waals surface area contributed by atoms with Crippen LogP contribution in [0.5, 0.6) is 5.75 Å². The van der Waals surface area contributed by atoms with E-state index in [4.69, 9.17) is 9.26 Å². The summed E-state index contributed by atoms with van der Waals surface area (Å²) in [6.07, 6.45) is 0. The molecule has 0 N–H and O–H groups in total. The van der Waals surface area contributed by atoms with E-state index in [1.54, 1.807) is 12.1 Å². The number of rotatable bonds is 5. The van der Waals surface area contributed by atoms with Gasteiger partial charge in [0, 0.05) is 19.0 Å². The summed E-state index contributed by atoms with van der Waals surface area (Å²) in [5, 5.41) is 3.93. The second-order valence-corrected chi connectivity index (χ2v) is 8.23. The molecule has 1 aromatic heterocycles. The highest BCUT2D eigenvalue weighted by molar-refractivity contribution is 7.89. The van der Waals surface area contributed by atoms with Crippen molar-refractivity contribution in [2.24, 2.45) is 0 Å². The molecule has 1 aliphatic heterocycles. The molecule has 130 valence electrons. The van der Waals surface area contributed by atoms with Gasteiger partial charge in [-0.1, -0.05) is 25.1 Å². The van der Waals surface area contributed by atoms with E-state index in [0.717, 1.165) is 5.56 Å². The Balaban J connectivity index is 1.78. The number of sulfonamides is 1. The van der Waals surface area contributed by atoms with Gasteiger partial charge >= 0.3 is 0 Å². The van der Waals surface area contributed by atoms with Crippen LogP contribution in [0.1, 0.15) is 43.0 Å². The quantitative estimate of drug-likeness (QED) is 0.822. The van der Waals surface area contributed by atoms with E-state index < -0.39 is 10.0 Å². The van der Waals surface area contributed by atoms with Crippen molar-refractivity contribution in [1.29, 1.82) is 0 Å². The van der Waals surface area contributed by atoms with Gasteiger partial charge in [-0.3, -0.25) is 0 Å². The van der Waals surface area contributed by atoms with Gasteiger partial charge in [0.25, 0.3) is 0 Å². The predicted molar refractivity (Wildman–Crippen MR) is 87.6 cm³/mol. The molecule has 1 saturated heterocycles. The van der Waals surface area contributed by atoms with Crippen LogP contribution in [0.4, 0.5) is 0 Å². The Morgan fingerprint density at radius 2 is 2.04 bits per heavy atom. The molecule has 0 spiro atoms. The number of ether oxygens (including phenoxy) is 1. The van der Waals surface area contributed by atoms with E-state index in [1.807, 2.05) is 26.8 Å². The minimum absolute atomic E-state index is 0.0596. The highest BCUT2D eigenvalue weighted by atomic mass is 32.2. The minimum atomic E-state index is -3.60. The molecule has 0 radical (unpaired) electrons. The third-order valence-corrected chi connectivity index (χ3v) is 5.96. The van der Waals surface area contributed by atoms with E-state index in [9.17, 15) is 8.42 Å². The van der Waals surface area contributed by atoms with Crippen LogP contribution in [0.15, 0.2) is 27.6 Å². The Kier molecular flexibility index (Phi) is 4.35. The summed E-state index contributed by atoms with van der Waals surface area (Å²) >= 11 is 0. The fourth-order valence-corrected chi connectivity index (χ4v) is 4.33. The first-order chi connectivity index (χ1) is 11.3. The average Bonchev–Trinajstić information content (AvgIpc) is 2.95. The van der Waals surface area contributed by atoms with Gasteiger partial charge in [-0.2, -0.15) is 9.29 Å². The van der Waals surface area contributed by atoms with Crippen LogP contribution in [0.3, 0.4) is 0 Å². The van der Waals surface area contributed by atoms with Crippen molar-refractivity contribution in [2.45, 2.75) is 37.5 Å². The molecule has 0 amide bonds. The first kappa shape index (κ1) is 16.9. The highest BCUT2D eigenvalue weighted by Gasteiger charge is 2.41. The third-order valence-electron chi connectivity index (χ3n) is 4.11. The van der Waals surface area contributed by atoms with Gasteiger partial charge in [0.15, 0.2) is 5.82 Å². The Labute approximate surface area is 141 Å². The lowest BCUT2D eigenvalue weighted by molar-refractivity contribution is 0.216. The number of aromatic nitrogens is 2. The molecule has 1 aromatic carbocycles. The van der Waals surface area contributed by atoms with E-state index in [1.165, 1.54) is 11.4 Å². The minimum Gasteiger partial charge on any atom is -0.495 e. The largest absolute Gasteiger partial charge is 0.495 e. The summed E-state index contributed by atoms with van der Waals surface area (Å²) in [6, 6.07) is 5.13. The van der Waals surface area contributed by atoms with Crippen LogP contribution >= 0.6 is 0 Å². The molecule has 3 rings (SSSR count). The van der Waals surface area contributed by atoms with Gasteiger partial charge in [-0.15, -0.1) is 0 Å². The molecule has 7 nitrogen and oxygen atoms in total. The van der Waals surface area contributed by atoms with E-state index in [2.05, 4.69) is 10.1 Å². The number of benzene rings is 1. The molecular weight excluding hydrogens is 330 g/mol. The SMILES string of the molecule is COc1ccc(C)cc1S(=O)(=O)N1CC(c2nc(C(C)C)no2)C1. The number of hydrogen-bond donors (Lipinski definition) is 0. The zero-order chi connectivity index (χ0) is 17.5. The maximum Gasteiger partial charge on any atom is 0.246 e. The van der Waals surface area contributed by atoms with Gasteiger partial charge in [0.2, 0.25) is 15.9 Å². The molecule has 0 unspecified atom stereocenters. The van der Waals surface area contributed by atoms with Crippen LogP contribution in [0.2, 0.25) is 0 Å². The zero-order valence-corrected chi connectivity index (χ0v) is 15.0. The zero-order valence-electron chi connectivity index (χ0n) is 14.2. The van der Waals surface area contributed by atoms with Crippen molar-refractivity contribution in [3.05, 3.63) is 35.5 Å². The molecule has 2 aromatic rings. The van der Waals surface area contributed by atoms with Crippen molar-refractivity contribution in [1.82, 2.24) is 14.4 Å². The smallest absolute Gasteiger partial charge is 0.246 e. The Hall–Kier alpha value is -1.93. The number of hydrogen-bond acceptors (Lipinski definition) is 6. The average molecular weight is 351 g/mol. The lowest BCUT2D eigenvalue weighted by atomic mass is 10.0. The molecule has 0 saturated carbocycles. The molecule has 1 aliphatic rings. The Morgan fingerprint density at radius 1 is 1.33 bits per heavy atom. The van der Waals surface area contributed by atoms with E-state index in [0.29, 0.717) is 30.6 Å². The van der Waals surface area contributed by atoms with Gasteiger partial charge < -0.3 is 9.26 Å². The maximum absolute atomic E-state index is 12.8. The molecular formula is C16H21N3O4S. The fourth-order valence-electron chi connectivity index (χ4n) is 2.56. The first-order valence-electron chi connectivity index (χ1n) is 7.81. The molecule has 0 atom stereocenters. The molecule has 0 aliphatic carbocycles. The normalized spacial score (nSPS) is 16.4. The van der Waals surface area contributed by atoms with Crippen LogP contribution in [0, 0.1) is 6.92 Å². The fraction of sp³-hybridized carbons (Fsp3) is 0.500. The third kappa shape index (κ3) is 2.91. The second kappa shape index (κ2) is 6.18. The molecule has 8 heteroatoms. The predicted octanol–water partition coefficient (Wildman–Crippen LogP) is 2.30. The summed E-state index contributed by atoms with van der Waals surface area (Å²) < 4.78 is 37.5. The summed E-state index contributed by atoms with van der Waals surface area (Å²) in [7, 11) is -2.13. The lowest BCUT2D eigenvalue weighted by Gasteiger charge is -2.36. The van der Waals surface area contributed by atoms with Crippen molar-refractivity contribution in [3.8, 4) is 5.75 Å². The number of aryl methyl sites for hydroxylation is 1. The van der Waals surface area contributed by atoms with E-state index in [-0.39, 0.29) is 16.7 Å². The second-order valence-electron chi connectivity index (χ2n) is 6.32. The Morgan fingerprint density at radius 3 is 2.62 bits per heavy atom. The lowest BCUT2D eigenvalue weighted by Crippen LogP contribution is -2.48. The molecule has 24 heavy (non-hydrogen) atoms. The molecule has 0 bridgehead atoms. The number of nitrogens with zero attached hydrogens (tertiary/aromatic N) is 3. The number of methoxy groups -OCH3 is 1. The summed E-state index contributed by atoms with van der Waals surface area (Å²) in [4.78, 5) is 4.54. The summed E-state index contributed by atoms with van der Waals surface area (Å²) in [5.74, 6) is 1.62. The van der Waals surface area contributed by atoms with Crippen LogP contribution < -0.4 is 4.74 Å². The topological polar surface area (TPSA) is 85.5 Å². The van der Waals surface area contributed by atoms with Crippen molar-refractivity contribution >= 4 is 10.0 Å². The van der Waals surface area contributed by atoms with Crippen molar-refractivity contribution in [3.63, 3.8) is 0 Å². The van der Waals surface area contributed by atoms with Crippen molar-refractivity contribution < 1.29 is 17.7 Å². The molecule has 2 heterocycles. The molecule has 1 fully saturated rings. The highest BCUT2D eigenvalue weighted by Crippen LogP contribution is 2.35. The first-order valence-corrected chi connectivity index (χ1v) is 9.25. The summed E-state index contributed by atoms with van der Waals surface area (Å²) in [5.41, 5.74) is 0.866. The van der Waals surface area contributed by atoms with Gasteiger partial charge in [0.1, 0.15) is 10.6 Å². The van der Waals surface area contributed by atoms with Crippen molar-refractivity contribution in [2.75, 3.05) is 20.2 Å². The van der Waals surface area contributed by atoms with Gasteiger partial charge in [0.05, 0.1) is 13.0 Å². The Bertz CT molecular complexity index is 839. The summed E-state index contributed by atoms with van der Waals surface area (Å²) in [6.45, 7) is 6.48. The van der Waals surface area contributed by atoms with Crippen LogP contribution in [0.25, 0.3) is 0 Å². The van der Waals surface area contributed by atoms with Crippen LogP contribution in [-0.4, -0.2) is 43.1 Å². The van der Waals surface area contributed by atoms with Gasteiger partial charge in [-0.05, 0) is 24.6 Å². The standard InChI is InChI=1S/C16H21N3O4S/c1-10(2)15-17-16(23-18-15)12-8-19(9-12)24(20,21)14-7-11(3)5-6-13(14)22-4/h5-7,10,12H,8-9H2,1-4H3.